The Morgan fingerprint density at radius 2 is 1.85 bits per heavy atom. The van der Waals surface area contributed by atoms with Gasteiger partial charge >= 0.3 is 0 Å². The van der Waals surface area contributed by atoms with Crippen LogP contribution in [0.5, 0.6) is 0 Å². The summed E-state index contributed by atoms with van der Waals surface area (Å²) in [5.41, 5.74) is 4.38. The van der Waals surface area contributed by atoms with E-state index in [0.717, 1.165) is 24.3 Å². The van der Waals surface area contributed by atoms with E-state index < -0.39 is 52.5 Å². The minimum absolute atomic E-state index is 0.117. The van der Waals surface area contributed by atoms with Gasteiger partial charge in [-0.2, -0.15) is 0 Å². The Kier molecular flexibility index (Phi) is 6.40. The van der Waals surface area contributed by atoms with Gasteiger partial charge in [0, 0.05) is 31.3 Å². The smallest absolute Gasteiger partial charge is 0.276 e. The Morgan fingerprint density at radius 3 is 2.53 bits per heavy atom. The molecule has 0 radical (unpaired) electrons. The Bertz CT molecular complexity index is 1210. The number of aliphatic hydroxyl groups is 2. The van der Waals surface area contributed by atoms with Crippen molar-refractivity contribution in [1.29, 1.82) is 0 Å². The zero-order valence-electron chi connectivity index (χ0n) is 18.0. The van der Waals surface area contributed by atoms with E-state index in [1.165, 1.54) is 12.4 Å². The van der Waals surface area contributed by atoms with E-state index >= 15 is 0 Å². The van der Waals surface area contributed by atoms with E-state index in [4.69, 9.17) is 5.73 Å². The molecule has 0 bridgehead atoms. The summed E-state index contributed by atoms with van der Waals surface area (Å²) in [6.07, 6.45) is 0.993. The Labute approximate surface area is 192 Å². The molecule has 5 N–H and O–H groups in total. The monoisotopic (exact) mass is 473 g/mol. The lowest BCUT2D eigenvalue weighted by Gasteiger charge is -2.39. The molecule has 0 aliphatic carbocycles. The topological polar surface area (TPSA) is 125 Å². The second-order valence-electron chi connectivity index (χ2n) is 8.14. The lowest BCUT2D eigenvalue weighted by molar-refractivity contribution is -0.0213. The SMILES string of the molecule is C[C@H]1CN(c2ccncc2NC(=O)c2nc(-c3c(F)cccc3F)c(F)cc2N)C[C@@H](O)[C@@H]1O. The number of carbonyl (C=O) groups excluding carboxylic acids is 1. The third-order valence-corrected chi connectivity index (χ3v) is 5.70. The van der Waals surface area contributed by atoms with Crippen LogP contribution in [0.4, 0.5) is 30.2 Å². The van der Waals surface area contributed by atoms with E-state index in [-0.39, 0.29) is 23.8 Å². The van der Waals surface area contributed by atoms with Gasteiger partial charge in [0.15, 0.2) is 11.5 Å². The number of aromatic nitrogens is 2. The molecular formula is C23H22F3N5O3. The highest BCUT2D eigenvalue weighted by atomic mass is 19.1. The van der Waals surface area contributed by atoms with Crippen LogP contribution in [0.15, 0.2) is 42.7 Å². The van der Waals surface area contributed by atoms with Crippen molar-refractivity contribution in [2.45, 2.75) is 19.1 Å². The molecule has 1 fully saturated rings. The Morgan fingerprint density at radius 1 is 1.15 bits per heavy atom. The van der Waals surface area contributed by atoms with Gasteiger partial charge in [0.2, 0.25) is 0 Å². The number of hydrogen-bond acceptors (Lipinski definition) is 7. The predicted octanol–water partition coefficient (Wildman–Crippen LogP) is 2.57. The minimum Gasteiger partial charge on any atom is -0.397 e. The second-order valence-corrected chi connectivity index (χ2v) is 8.14. The molecule has 4 rings (SSSR count). The van der Waals surface area contributed by atoms with Crippen LogP contribution >= 0.6 is 0 Å². The summed E-state index contributed by atoms with van der Waals surface area (Å²) in [5, 5.41) is 22.8. The lowest BCUT2D eigenvalue weighted by Crippen LogP contribution is -2.51. The molecule has 178 valence electrons. The lowest BCUT2D eigenvalue weighted by atomic mass is 9.94. The summed E-state index contributed by atoms with van der Waals surface area (Å²) in [4.78, 5) is 22.6. The molecular weight excluding hydrogens is 451 g/mol. The molecule has 0 saturated carbocycles. The normalized spacial score (nSPS) is 20.3. The number of nitrogens with two attached hydrogens (primary N) is 1. The largest absolute Gasteiger partial charge is 0.397 e. The number of nitrogens with one attached hydrogen (secondary N) is 1. The molecule has 0 unspecified atom stereocenters. The van der Waals surface area contributed by atoms with Gasteiger partial charge in [0.05, 0.1) is 41.0 Å². The van der Waals surface area contributed by atoms with E-state index in [1.54, 1.807) is 17.9 Å². The molecule has 1 aliphatic rings. The van der Waals surface area contributed by atoms with Crippen molar-refractivity contribution in [3.8, 4) is 11.3 Å². The average Bonchev–Trinajstić information content (AvgIpc) is 2.78. The van der Waals surface area contributed by atoms with E-state index in [2.05, 4.69) is 15.3 Å². The van der Waals surface area contributed by atoms with E-state index in [1.807, 2.05) is 0 Å². The summed E-state index contributed by atoms with van der Waals surface area (Å²) in [7, 11) is 0. The third-order valence-electron chi connectivity index (χ3n) is 5.70. The molecule has 3 aromatic rings. The first-order chi connectivity index (χ1) is 16.2. The Hall–Kier alpha value is -3.70. The molecule has 3 heterocycles. The number of anilines is 3. The maximum atomic E-state index is 14.5. The number of pyridine rings is 2. The first kappa shape index (κ1) is 23.5. The fourth-order valence-corrected chi connectivity index (χ4v) is 3.96. The summed E-state index contributed by atoms with van der Waals surface area (Å²) in [6.45, 7) is 2.30. The number of piperidine rings is 1. The summed E-state index contributed by atoms with van der Waals surface area (Å²) < 4.78 is 42.9. The van der Waals surface area contributed by atoms with E-state index in [9.17, 15) is 28.2 Å². The number of aliphatic hydroxyl groups excluding tert-OH is 2. The summed E-state index contributed by atoms with van der Waals surface area (Å²) >= 11 is 0. The van der Waals surface area contributed by atoms with Gasteiger partial charge in [0.1, 0.15) is 17.3 Å². The highest BCUT2D eigenvalue weighted by molar-refractivity contribution is 6.08. The highest BCUT2D eigenvalue weighted by Crippen LogP contribution is 2.32. The van der Waals surface area contributed by atoms with Crippen molar-refractivity contribution >= 4 is 23.0 Å². The molecule has 2 aromatic heterocycles. The summed E-state index contributed by atoms with van der Waals surface area (Å²) in [6, 6.07) is 5.41. The molecule has 11 heteroatoms. The number of nitrogen functional groups attached to an aromatic ring is 1. The van der Waals surface area contributed by atoms with Gasteiger partial charge in [-0.3, -0.25) is 9.78 Å². The number of hydrogen-bond donors (Lipinski definition) is 4. The van der Waals surface area contributed by atoms with Gasteiger partial charge < -0.3 is 26.2 Å². The van der Waals surface area contributed by atoms with E-state index in [0.29, 0.717) is 12.2 Å². The van der Waals surface area contributed by atoms with Crippen molar-refractivity contribution in [2.75, 3.05) is 29.0 Å². The average molecular weight is 473 g/mol. The van der Waals surface area contributed by atoms with Crippen LogP contribution in [-0.2, 0) is 0 Å². The molecule has 1 aliphatic heterocycles. The number of β-amino-alcohol motifs (C(OH)–C–C–N with tert-alkyl or cyclic N) is 1. The van der Waals surface area contributed by atoms with Crippen LogP contribution in [0, 0.1) is 23.4 Å². The number of nitrogens with zero attached hydrogens (tertiary/aromatic N) is 3. The summed E-state index contributed by atoms with van der Waals surface area (Å²) in [5.74, 6) is -4.27. The van der Waals surface area contributed by atoms with Crippen molar-refractivity contribution in [2.24, 2.45) is 5.92 Å². The molecule has 1 amide bonds. The standard InChI is InChI=1S/C23H22F3N5O3/c1-11-9-31(10-18(32)22(11)33)17-5-6-28-8-16(17)29-23(34)21-15(27)7-14(26)20(30-21)19-12(24)3-2-4-13(19)25/h2-8,11,18,22,32-33H,9-10,27H2,1H3,(H,29,34)/t11-,18+,22+/m0/s1. The van der Waals surface area contributed by atoms with Gasteiger partial charge in [-0.25, -0.2) is 18.2 Å². The molecule has 34 heavy (non-hydrogen) atoms. The third kappa shape index (κ3) is 4.39. The Balaban J connectivity index is 1.67. The van der Waals surface area contributed by atoms with Crippen LogP contribution in [0.1, 0.15) is 17.4 Å². The highest BCUT2D eigenvalue weighted by Gasteiger charge is 2.33. The number of carbonyl (C=O) groups is 1. The fourth-order valence-electron chi connectivity index (χ4n) is 3.96. The number of benzene rings is 1. The molecule has 0 spiro atoms. The second kappa shape index (κ2) is 9.27. The first-order valence-electron chi connectivity index (χ1n) is 10.4. The fraction of sp³-hybridized carbons (Fsp3) is 0.261. The van der Waals surface area contributed by atoms with Crippen LogP contribution in [0.3, 0.4) is 0 Å². The van der Waals surface area contributed by atoms with Crippen molar-refractivity contribution in [3.05, 3.63) is 65.9 Å². The predicted molar refractivity (Wildman–Crippen MR) is 120 cm³/mol. The quantitative estimate of drug-likeness (QED) is 0.459. The van der Waals surface area contributed by atoms with Crippen molar-refractivity contribution in [3.63, 3.8) is 0 Å². The zero-order valence-corrected chi connectivity index (χ0v) is 18.0. The van der Waals surface area contributed by atoms with Gasteiger partial charge in [-0.1, -0.05) is 13.0 Å². The van der Waals surface area contributed by atoms with Gasteiger partial charge in [0.25, 0.3) is 5.91 Å². The molecule has 1 aromatic carbocycles. The van der Waals surface area contributed by atoms with Crippen LogP contribution < -0.4 is 16.0 Å². The zero-order chi connectivity index (χ0) is 24.6. The molecule has 8 nitrogen and oxygen atoms in total. The maximum absolute atomic E-state index is 14.5. The van der Waals surface area contributed by atoms with Crippen LogP contribution in [-0.4, -0.2) is 51.4 Å². The molecule has 3 atom stereocenters. The minimum atomic E-state index is -1.09. The van der Waals surface area contributed by atoms with Crippen LogP contribution in [0.2, 0.25) is 0 Å². The molecule has 1 saturated heterocycles. The number of rotatable bonds is 4. The van der Waals surface area contributed by atoms with Crippen molar-refractivity contribution < 1.29 is 28.2 Å². The maximum Gasteiger partial charge on any atom is 0.276 e. The first-order valence-corrected chi connectivity index (χ1v) is 10.4. The van der Waals surface area contributed by atoms with Crippen molar-refractivity contribution in [1.82, 2.24) is 9.97 Å². The number of amides is 1. The van der Waals surface area contributed by atoms with Gasteiger partial charge in [-0.15, -0.1) is 0 Å². The number of halogens is 3. The van der Waals surface area contributed by atoms with Gasteiger partial charge in [-0.05, 0) is 18.2 Å². The van der Waals surface area contributed by atoms with Crippen LogP contribution in [0.25, 0.3) is 11.3 Å².